The van der Waals surface area contributed by atoms with Crippen molar-refractivity contribution >= 4 is 35.8 Å². The van der Waals surface area contributed by atoms with Crippen molar-refractivity contribution in [3.63, 3.8) is 0 Å². The van der Waals surface area contributed by atoms with Gasteiger partial charge >= 0.3 is 0 Å². The van der Waals surface area contributed by atoms with Crippen LogP contribution in [0.2, 0.25) is 0 Å². The van der Waals surface area contributed by atoms with Crippen molar-refractivity contribution in [3.05, 3.63) is 23.9 Å². The van der Waals surface area contributed by atoms with E-state index in [-0.39, 0.29) is 24.0 Å². The Morgan fingerprint density at radius 1 is 1.27 bits per heavy atom. The quantitative estimate of drug-likeness (QED) is 0.272. The van der Waals surface area contributed by atoms with E-state index < -0.39 is 0 Å². The number of anilines is 1. The van der Waals surface area contributed by atoms with Gasteiger partial charge in [0, 0.05) is 39.4 Å². The van der Waals surface area contributed by atoms with Crippen molar-refractivity contribution in [2.24, 2.45) is 16.8 Å². The molecule has 2 heterocycles. The monoisotopic (exact) mass is 473 g/mol. The van der Waals surface area contributed by atoms with Gasteiger partial charge in [-0.25, -0.2) is 4.98 Å². The van der Waals surface area contributed by atoms with Gasteiger partial charge in [-0.1, -0.05) is 26.8 Å². The highest BCUT2D eigenvalue weighted by Crippen LogP contribution is 2.21. The van der Waals surface area contributed by atoms with E-state index in [1.165, 1.54) is 31.2 Å². The van der Waals surface area contributed by atoms with Crippen LogP contribution in [0.15, 0.2) is 23.3 Å². The number of aromatic nitrogens is 1. The van der Waals surface area contributed by atoms with E-state index in [1.807, 2.05) is 13.2 Å². The molecule has 0 aliphatic carbocycles. The number of piperidine rings is 1. The molecule has 0 aromatic carbocycles. The van der Waals surface area contributed by atoms with Crippen LogP contribution in [-0.2, 0) is 6.54 Å². The number of rotatable bonds is 7. The van der Waals surface area contributed by atoms with Gasteiger partial charge in [0.1, 0.15) is 5.82 Å². The molecule has 0 atom stereocenters. The van der Waals surface area contributed by atoms with Crippen molar-refractivity contribution in [1.82, 2.24) is 15.6 Å². The van der Waals surface area contributed by atoms with Gasteiger partial charge in [0.05, 0.1) is 0 Å². The summed E-state index contributed by atoms with van der Waals surface area (Å²) < 4.78 is 0. The first-order valence-electron chi connectivity index (χ1n) is 9.73. The topological polar surface area (TPSA) is 52.6 Å². The molecule has 6 heteroatoms. The van der Waals surface area contributed by atoms with Gasteiger partial charge in [0.25, 0.3) is 0 Å². The van der Waals surface area contributed by atoms with E-state index in [0.717, 1.165) is 49.8 Å². The largest absolute Gasteiger partial charge is 0.357 e. The lowest BCUT2D eigenvalue weighted by atomic mass is 9.99. The fourth-order valence-electron chi connectivity index (χ4n) is 3.07. The van der Waals surface area contributed by atoms with Crippen molar-refractivity contribution in [2.75, 3.05) is 31.6 Å². The van der Waals surface area contributed by atoms with Crippen molar-refractivity contribution in [3.8, 4) is 0 Å². The third kappa shape index (κ3) is 8.10. The first-order chi connectivity index (χ1) is 12.1. The maximum absolute atomic E-state index is 4.65. The van der Waals surface area contributed by atoms with Gasteiger partial charge in [-0.15, -0.1) is 24.0 Å². The number of guanidine groups is 1. The summed E-state index contributed by atoms with van der Waals surface area (Å²) in [5.41, 5.74) is 1.18. The third-order valence-corrected chi connectivity index (χ3v) is 4.85. The second kappa shape index (κ2) is 12.4. The molecule has 0 spiro atoms. The molecular weight excluding hydrogens is 437 g/mol. The van der Waals surface area contributed by atoms with E-state index in [1.54, 1.807) is 0 Å². The molecule has 0 unspecified atom stereocenters. The van der Waals surface area contributed by atoms with Crippen LogP contribution in [-0.4, -0.2) is 37.6 Å². The summed E-state index contributed by atoms with van der Waals surface area (Å²) in [5.74, 6) is 3.56. The van der Waals surface area contributed by atoms with E-state index >= 15 is 0 Å². The summed E-state index contributed by atoms with van der Waals surface area (Å²) in [6, 6.07) is 4.31. The van der Waals surface area contributed by atoms with Crippen molar-refractivity contribution in [2.45, 2.75) is 53.0 Å². The summed E-state index contributed by atoms with van der Waals surface area (Å²) in [6.07, 6.45) is 6.92. The molecule has 1 aromatic rings. The Bertz CT molecular complexity index is 522. The molecule has 0 saturated carbocycles. The number of nitrogens with zero attached hydrogens (tertiary/aromatic N) is 3. The molecule has 1 aliphatic rings. The average Bonchev–Trinajstić information content (AvgIpc) is 2.62. The lowest BCUT2D eigenvalue weighted by Crippen LogP contribution is -2.37. The van der Waals surface area contributed by atoms with Crippen LogP contribution in [0, 0.1) is 11.8 Å². The number of nitrogens with one attached hydrogen (secondary N) is 2. The molecule has 2 N–H and O–H groups in total. The van der Waals surface area contributed by atoms with Crippen LogP contribution >= 0.6 is 24.0 Å². The fraction of sp³-hybridized carbons (Fsp3) is 0.700. The SMILES string of the molecule is CN=C(NCCCC(C)C)NCc1ccc(N2CCC(C)CC2)nc1.I. The molecule has 1 aliphatic heterocycles. The number of hydrogen-bond acceptors (Lipinski definition) is 3. The maximum atomic E-state index is 4.65. The smallest absolute Gasteiger partial charge is 0.191 e. The molecule has 0 amide bonds. The maximum Gasteiger partial charge on any atom is 0.191 e. The lowest BCUT2D eigenvalue weighted by Gasteiger charge is -2.31. The Morgan fingerprint density at radius 3 is 2.58 bits per heavy atom. The number of aliphatic imine (C=N–C) groups is 1. The summed E-state index contributed by atoms with van der Waals surface area (Å²) in [7, 11) is 1.82. The Hall–Kier alpha value is -1.05. The minimum Gasteiger partial charge on any atom is -0.357 e. The number of hydrogen-bond donors (Lipinski definition) is 2. The summed E-state index contributed by atoms with van der Waals surface area (Å²) in [5, 5.41) is 6.74. The molecule has 0 radical (unpaired) electrons. The number of pyridine rings is 1. The molecule has 0 bridgehead atoms. The third-order valence-electron chi connectivity index (χ3n) is 4.85. The molecule has 1 saturated heterocycles. The van der Waals surface area contributed by atoms with Gasteiger partial charge in [-0.05, 0) is 49.1 Å². The Labute approximate surface area is 176 Å². The van der Waals surface area contributed by atoms with E-state index in [9.17, 15) is 0 Å². The lowest BCUT2D eigenvalue weighted by molar-refractivity contribution is 0.436. The van der Waals surface area contributed by atoms with E-state index in [4.69, 9.17) is 0 Å². The normalized spacial score (nSPS) is 15.7. The van der Waals surface area contributed by atoms with Crippen LogP contribution in [0.25, 0.3) is 0 Å². The predicted molar refractivity (Wildman–Crippen MR) is 123 cm³/mol. The highest BCUT2D eigenvalue weighted by atomic mass is 127. The van der Waals surface area contributed by atoms with Gasteiger partial charge < -0.3 is 15.5 Å². The fourth-order valence-corrected chi connectivity index (χ4v) is 3.07. The average molecular weight is 473 g/mol. The van der Waals surface area contributed by atoms with Crippen LogP contribution < -0.4 is 15.5 Å². The first-order valence-corrected chi connectivity index (χ1v) is 9.73. The van der Waals surface area contributed by atoms with Crippen LogP contribution in [0.5, 0.6) is 0 Å². The summed E-state index contributed by atoms with van der Waals surface area (Å²) >= 11 is 0. The zero-order valence-electron chi connectivity index (χ0n) is 16.8. The number of halogens is 1. The van der Waals surface area contributed by atoms with Crippen LogP contribution in [0.4, 0.5) is 5.82 Å². The summed E-state index contributed by atoms with van der Waals surface area (Å²) in [6.45, 7) is 10.8. The molecule has 1 fully saturated rings. The molecule has 26 heavy (non-hydrogen) atoms. The van der Waals surface area contributed by atoms with Gasteiger partial charge in [-0.3, -0.25) is 4.99 Å². The highest BCUT2D eigenvalue weighted by molar-refractivity contribution is 14.0. The molecule has 1 aromatic heterocycles. The van der Waals surface area contributed by atoms with Gasteiger partial charge in [0.15, 0.2) is 5.96 Å². The first kappa shape index (κ1) is 23.0. The van der Waals surface area contributed by atoms with E-state index in [0.29, 0.717) is 0 Å². The van der Waals surface area contributed by atoms with E-state index in [2.05, 4.69) is 58.4 Å². The molecule has 148 valence electrons. The zero-order valence-corrected chi connectivity index (χ0v) is 19.1. The standard InChI is InChI=1S/C20H35N5.HI/c1-16(2)6-5-11-22-20(21-4)24-15-18-7-8-19(23-14-18)25-12-9-17(3)10-13-25;/h7-8,14,16-17H,5-6,9-13,15H2,1-4H3,(H2,21,22,24);1H. The Balaban J connectivity index is 0.00000338. The molecule has 2 rings (SSSR count). The zero-order chi connectivity index (χ0) is 18.1. The molecule has 5 nitrogen and oxygen atoms in total. The van der Waals surface area contributed by atoms with Crippen LogP contribution in [0.3, 0.4) is 0 Å². The summed E-state index contributed by atoms with van der Waals surface area (Å²) in [4.78, 5) is 11.3. The van der Waals surface area contributed by atoms with Crippen molar-refractivity contribution < 1.29 is 0 Å². The van der Waals surface area contributed by atoms with Gasteiger partial charge in [-0.2, -0.15) is 0 Å². The van der Waals surface area contributed by atoms with Gasteiger partial charge in [0.2, 0.25) is 0 Å². The second-order valence-corrected chi connectivity index (χ2v) is 7.58. The van der Waals surface area contributed by atoms with Crippen LogP contribution in [0.1, 0.15) is 52.0 Å². The second-order valence-electron chi connectivity index (χ2n) is 7.58. The minimum absolute atomic E-state index is 0. The predicted octanol–water partition coefficient (Wildman–Crippen LogP) is 4.04. The minimum atomic E-state index is 0. The highest BCUT2D eigenvalue weighted by Gasteiger charge is 2.16. The Kier molecular flexibility index (Phi) is 10.9. The molecular formula is C20H36IN5. The Morgan fingerprint density at radius 2 is 2.00 bits per heavy atom. The van der Waals surface area contributed by atoms with Crippen molar-refractivity contribution in [1.29, 1.82) is 0 Å².